The van der Waals surface area contributed by atoms with Crippen molar-refractivity contribution in [1.82, 2.24) is 5.32 Å². The first-order chi connectivity index (χ1) is 13.6. The molecule has 0 saturated heterocycles. The van der Waals surface area contributed by atoms with Crippen molar-refractivity contribution in [3.05, 3.63) is 95.1 Å². The lowest BCUT2D eigenvalue weighted by molar-refractivity contribution is 0.0949. The Labute approximate surface area is 164 Å². The average molecular weight is 374 g/mol. The second-order valence-corrected chi connectivity index (χ2v) is 6.40. The molecule has 3 rings (SSSR count). The van der Waals surface area contributed by atoms with Crippen LogP contribution in [0.5, 0.6) is 5.75 Å². The third kappa shape index (κ3) is 4.76. The van der Waals surface area contributed by atoms with Gasteiger partial charge in [-0.3, -0.25) is 9.59 Å². The second kappa shape index (κ2) is 8.86. The number of methoxy groups -OCH3 is 1. The number of hydrogen-bond donors (Lipinski definition) is 2. The van der Waals surface area contributed by atoms with E-state index in [1.54, 1.807) is 31.4 Å². The van der Waals surface area contributed by atoms with Gasteiger partial charge in [0, 0.05) is 17.7 Å². The molecule has 0 unspecified atom stereocenters. The number of benzene rings is 3. The van der Waals surface area contributed by atoms with Crippen molar-refractivity contribution in [2.45, 2.75) is 13.5 Å². The Balaban J connectivity index is 1.64. The fourth-order valence-electron chi connectivity index (χ4n) is 2.77. The molecule has 5 heteroatoms. The first-order valence-corrected chi connectivity index (χ1v) is 8.95. The van der Waals surface area contributed by atoms with E-state index >= 15 is 0 Å². The molecule has 28 heavy (non-hydrogen) atoms. The Kier molecular flexibility index (Phi) is 6.07. The summed E-state index contributed by atoms with van der Waals surface area (Å²) in [7, 11) is 1.56. The molecule has 0 saturated carbocycles. The second-order valence-electron chi connectivity index (χ2n) is 6.40. The molecule has 2 amide bonds. The highest BCUT2D eigenvalue weighted by molar-refractivity contribution is 6.05. The highest BCUT2D eigenvalue weighted by atomic mass is 16.5. The van der Waals surface area contributed by atoms with Crippen LogP contribution in [0.1, 0.15) is 31.8 Å². The van der Waals surface area contributed by atoms with Gasteiger partial charge in [0.2, 0.25) is 0 Å². The van der Waals surface area contributed by atoms with E-state index in [1.165, 1.54) is 0 Å². The molecule has 0 aliphatic heterocycles. The quantitative estimate of drug-likeness (QED) is 0.680. The van der Waals surface area contributed by atoms with Crippen molar-refractivity contribution in [3.8, 4) is 5.75 Å². The molecule has 142 valence electrons. The zero-order valence-electron chi connectivity index (χ0n) is 15.9. The van der Waals surface area contributed by atoms with Gasteiger partial charge in [0.25, 0.3) is 11.8 Å². The number of ether oxygens (including phenoxy) is 1. The van der Waals surface area contributed by atoms with Gasteiger partial charge in [-0.25, -0.2) is 0 Å². The molecule has 2 N–H and O–H groups in total. The third-order valence-corrected chi connectivity index (χ3v) is 4.31. The highest BCUT2D eigenvalue weighted by Crippen LogP contribution is 2.25. The standard InChI is InChI=1S/C23H22N2O3/c1-16-8-13-21(28-2)20(14-16)25-23(27)19-11-9-18(10-12-19)22(26)24-15-17-6-4-3-5-7-17/h3-14H,15H2,1-2H3,(H,24,26)(H,25,27). The van der Waals surface area contributed by atoms with Crippen molar-refractivity contribution in [2.24, 2.45) is 0 Å². The van der Waals surface area contributed by atoms with Gasteiger partial charge in [-0.1, -0.05) is 36.4 Å². The van der Waals surface area contributed by atoms with Crippen LogP contribution in [-0.4, -0.2) is 18.9 Å². The van der Waals surface area contributed by atoms with Gasteiger partial charge in [-0.05, 0) is 54.4 Å². The lowest BCUT2D eigenvalue weighted by Gasteiger charge is -2.11. The molecule has 0 aliphatic rings. The van der Waals surface area contributed by atoms with Crippen LogP contribution in [0.4, 0.5) is 5.69 Å². The number of rotatable bonds is 6. The molecule has 0 fully saturated rings. The van der Waals surface area contributed by atoms with Crippen LogP contribution in [-0.2, 0) is 6.54 Å². The van der Waals surface area contributed by atoms with E-state index in [-0.39, 0.29) is 11.8 Å². The summed E-state index contributed by atoms with van der Waals surface area (Å²) in [5.41, 5.74) is 3.61. The molecule has 0 heterocycles. The highest BCUT2D eigenvalue weighted by Gasteiger charge is 2.12. The van der Waals surface area contributed by atoms with Gasteiger partial charge < -0.3 is 15.4 Å². The van der Waals surface area contributed by atoms with Gasteiger partial charge in [-0.15, -0.1) is 0 Å². The minimum Gasteiger partial charge on any atom is -0.495 e. The van der Waals surface area contributed by atoms with E-state index in [2.05, 4.69) is 10.6 Å². The maximum atomic E-state index is 12.5. The Hall–Kier alpha value is -3.60. The lowest BCUT2D eigenvalue weighted by Crippen LogP contribution is -2.23. The normalized spacial score (nSPS) is 10.2. The van der Waals surface area contributed by atoms with Gasteiger partial charge in [0.15, 0.2) is 0 Å². The lowest BCUT2D eigenvalue weighted by atomic mass is 10.1. The van der Waals surface area contributed by atoms with E-state index < -0.39 is 0 Å². The van der Waals surface area contributed by atoms with Crippen molar-refractivity contribution < 1.29 is 14.3 Å². The minimum atomic E-state index is -0.264. The monoisotopic (exact) mass is 374 g/mol. The van der Waals surface area contributed by atoms with Crippen LogP contribution in [0.25, 0.3) is 0 Å². The fraction of sp³-hybridized carbons (Fsp3) is 0.130. The molecule has 5 nitrogen and oxygen atoms in total. The Bertz CT molecular complexity index is 967. The number of anilines is 1. The Morgan fingerprint density at radius 3 is 2.14 bits per heavy atom. The number of carbonyl (C=O) groups excluding carboxylic acids is 2. The number of nitrogens with one attached hydrogen (secondary N) is 2. The third-order valence-electron chi connectivity index (χ3n) is 4.31. The molecule has 0 bridgehead atoms. The summed E-state index contributed by atoms with van der Waals surface area (Å²) in [5.74, 6) is 0.146. The van der Waals surface area contributed by atoms with Crippen LogP contribution < -0.4 is 15.4 Å². The van der Waals surface area contributed by atoms with E-state index in [0.29, 0.717) is 29.1 Å². The van der Waals surface area contributed by atoms with E-state index in [0.717, 1.165) is 11.1 Å². The van der Waals surface area contributed by atoms with Crippen LogP contribution in [0.3, 0.4) is 0 Å². The predicted molar refractivity (Wildman–Crippen MR) is 110 cm³/mol. The first-order valence-electron chi connectivity index (χ1n) is 8.95. The van der Waals surface area contributed by atoms with Crippen LogP contribution in [0.2, 0.25) is 0 Å². The zero-order valence-corrected chi connectivity index (χ0v) is 15.9. The minimum absolute atomic E-state index is 0.184. The summed E-state index contributed by atoms with van der Waals surface area (Å²) in [6.45, 7) is 2.40. The van der Waals surface area contributed by atoms with E-state index in [4.69, 9.17) is 4.74 Å². The van der Waals surface area contributed by atoms with Gasteiger partial charge in [0.1, 0.15) is 5.75 Å². The Morgan fingerprint density at radius 2 is 1.50 bits per heavy atom. The summed E-state index contributed by atoms with van der Waals surface area (Å²) < 4.78 is 5.28. The maximum absolute atomic E-state index is 12.5. The van der Waals surface area contributed by atoms with Gasteiger partial charge in [-0.2, -0.15) is 0 Å². The zero-order chi connectivity index (χ0) is 19.9. The topological polar surface area (TPSA) is 67.4 Å². The molecular formula is C23H22N2O3. The summed E-state index contributed by atoms with van der Waals surface area (Å²) >= 11 is 0. The van der Waals surface area contributed by atoms with Crippen molar-refractivity contribution in [3.63, 3.8) is 0 Å². The molecule has 0 aliphatic carbocycles. The average Bonchev–Trinajstić information content (AvgIpc) is 2.73. The van der Waals surface area contributed by atoms with E-state index in [1.807, 2.05) is 55.5 Å². The number of carbonyl (C=O) groups is 2. The Morgan fingerprint density at radius 1 is 0.857 bits per heavy atom. The van der Waals surface area contributed by atoms with Crippen molar-refractivity contribution in [1.29, 1.82) is 0 Å². The summed E-state index contributed by atoms with van der Waals surface area (Å²) in [4.78, 5) is 24.8. The first kappa shape index (κ1) is 19.2. The van der Waals surface area contributed by atoms with Crippen molar-refractivity contribution in [2.75, 3.05) is 12.4 Å². The summed E-state index contributed by atoms with van der Waals surface area (Å²) in [6.07, 6.45) is 0. The van der Waals surface area contributed by atoms with Crippen LogP contribution >= 0.6 is 0 Å². The fourth-order valence-corrected chi connectivity index (χ4v) is 2.77. The number of hydrogen-bond acceptors (Lipinski definition) is 3. The molecular weight excluding hydrogens is 352 g/mol. The van der Waals surface area contributed by atoms with Gasteiger partial charge >= 0.3 is 0 Å². The number of amides is 2. The van der Waals surface area contributed by atoms with Crippen LogP contribution in [0, 0.1) is 6.92 Å². The predicted octanol–water partition coefficient (Wildman–Crippen LogP) is 4.19. The summed E-state index contributed by atoms with van der Waals surface area (Å²) in [6, 6.07) is 21.8. The molecule has 0 spiro atoms. The van der Waals surface area contributed by atoms with E-state index in [9.17, 15) is 9.59 Å². The number of aryl methyl sites for hydroxylation is 1. The molecule has 3 aromatic rings. The molecule has 0 radical (unpaired) electrons. The molecule has 0 aromatic heterocycles. The van der Waals surface area contributed by atoms with Crippen molar-refractivity contribution >= 4 is 17.5 Å². The maximum Gasteiger partial charge on any atom is 0.255 e. The SMILES string of the molecule is COc1ccc(C)cc1NC(=O)c1ccc(C(=O)NCc2ccccc2)cc1. The van der Waals surface area contributed by atoms with Gasteiger partial charge in [0.05, 0.1) is 12.8 Å². The largest absolute Gasteiger partial charge is 0.495 e. The van der Waals surface area contributed by atoms with Crippen LogP contribution in [0.15, 0.2) is 72.8 Å². The smallest absolute Gasteiger partial charge is 0.255 e. The molecule has 3 aromatic carbocycles. The molecule has 0 atom stereocenters. The summed E-state index contributed by atoms with van der Waals surface area (Å²) in [5, 5.41) is 5.72.